The molecule has 2 aromatic carbocycles. The lowest BCUT2D eigenvalue weighted by molar-refractivity contribution is -0.137. The molecule has 0 radical (unpaired) electrons. The third-order valence-electron chi connectivity index (χ3n) is 7.63. The Balaban J connectivity index is 1.72. The van der Waals surface area contributed by atoms with Gasteiger partial charge in [-0.15, -0.1) is 0 Å². The van der Waals surface area contributed by atoms with E-state index >= 15 is 0 Å². The van der Waals surface area contributed by atoms with E-state index in [-0.39, 0.29) is 30.4 Å². The summed E-state index contributed by atoms with van der Waals surface area (Å²) in [6.07, 6.45) is -2.33. The summed E-state index contributed by atoms with van der Waals surface area (Å²) in [7, 11) is 0. The number of benzene rings is 2. The summed E-state index contributed by atoms with van der Waals surface area (Å²) >= 11 is 0. The Morgan fingerprint density at radius 2 is 1.84 bits per heavy atom. The highest BCUT2D eigenvalue weighted by Crippen LogP contribution is 2.55. The fourth-order valence-electron chi connectivity index (χ4n) is 5.94. The summed E-state index contributed by atoms with van der Waals surface area (Å²) in [6.45, 7) is 6.80. The summed E-state index contributed by atoms with van der Waals surface area (Å²) in [5, 5.41) is 13.0. The van der Waals surface area contributed by atoms with Gasteiger partial charge in [-0.2, -0.15) is 13.2 Å². The Kier molecular flexibility index (Phi) is 6.82. The first kappa shape index (κ1) is 23.1. The summed E-state index contributed by atoms with van der Waals surface area (Å²) in [6, 6.07) is 14.5. The van der Waals surface area contributed by atoms with Crippen molar-refractivity contribution in [3.8, 4) is 0 Å². The number of likely N-dealkylation sites (N-methyl/N-ethyl adjacent to an activating group) is 1. The van der Waals surface area contributed by atoms with Crippen LogP contribution in [-0.2, 0) is 6.18 Å². The van der Waals surface area contributed by atoms with Gasteiger partial charge in [-0.25, -0.2) is 0 Å². The van der Waals surface area contributed by atoms with Gasteiger partial charge in [0.25, 0.3) is 0 Å². The third kappa shape index (κ3) is 4.53. The van der Waals surface area contributed by atoms with Gasteiger partial charge in [0, 0.05) is 18.8 Å². The van der Waals surface area contributed by atoms with Crippen molar-refractivity contribution in [1.29, 1.82) is 0 Å². The van der Waals surface area contributed by atoms with Crippen LogP contribution >= 0.6 is 0 Å². The number of fused-ring (bicyclic) bond motifs is 3. The Morgan fingerprint density at radius 3 is 2.50 bits per heavy atom. The highest BCUT2D eigenvalue weighted by molar-refractivity contribution is 5.59. The lowest BCUT2D eigenvalue weighted by atomic mass is 9.60. The monoisotopic (exact) mass is 446 g/mol. The van der Waals surface area contributed by atoms with Gasteiger partial charge in [0.1, 0.15) is 0 Å². The van der Waals surface area contributed by atoms with Crippen molar-refractivity contribution in [2.45, 2.75) is 44.8 Å². The number of nitrogens with one attached hydrogen (secondary N) is 1. The van der Waals surface area contributed by atoms with E-state index in [0.717, 1.165) is 37.2 Å². The Hall–Kier alpha value is -2.05. The van der Waals surface area contributed by atoms with Crippen LogP contribution in [-0.4, -0.2) is 36.2 Å². The SMILES string of the molecule is CCN(CCO)C[C@H]1CC[C@H]2C(c3ccccc3)Nc3ccc(C(F)(F)F)cc3[C@H]2[C@H]1C. The van der Waals surface area contributed by atoms with E-state index in [1.807, 2.05) is 18.2 Å². The predicted molar refractivity (Wildman–Crippen MR) is 122 cm³/mol. The zero-order valence-electron chi connectivity index (χ0n) is 18.8. The minimum absolute atomic E-state index is 0.0605. The van der Waals surface area contributed by atoms with Crippen LogP contribution in [0.5, 0.6) is 0 Å². The second-order valence-corrected chi connectivity index (χ2v) is 9.34. The normalized spacial score (nSPS) is 27.5. The number of hydrogen-bond acceptors (Lipinski definition) is 3. The van der Waals surface area contributed by atoms with Gasteiger partial charge in [0.2, 0.25) is 0 Å². The molecule has 3 nitrogen and oxygen atoms in total. The van der Waals surface area contributed by atoms with E-state index in [1.54, 1.807) is 6.07 Å². The van der Waals surface area contributed by atoms with Crippen molar-refractivity contribution in [3.63, 3.8) is 0 Å². The number of rotatable bonds is 6. The van der Waals surface area contributed by atoms with Crippen LogP contribution in [0.25, 0.3) is 0 Å². The molecule has 0 bridgehead atoms. The molecule has 6 heteroatoms. The zero-order valence-corrected chi connectivity index (χ0v) is 18.8. The molecular weight excluding hydrogens is 413 g/mol. The van der Waals surface area contributed by atoms with Gasteiger partial charge in [-0.1, -0.05) is 44.2 Å². The molecular formula is C26H33F3N2O. The van der Waals surface area contributed by atoms with E-state index in [2.05, 4.69) is 36.2 Å². The van der Waals surface area contributed by atoms with Crippen LogP contribution < -0.4 is 5.32 Å². The van der Waals surface area contributed by atoms with Gasteiger partial charge in [-0.3, -0.25) is 0 Å². The minimum Gasteiger partial charge on any atom is -0.395 e. The van der Waals surface area contributed by atoms with Gasteiger partial charge in [0.15, 0.2) is 0 Å². The molecule has 5 atom stereocenters. The first-order valence-electron chi connectivity index (χ1n) is 11.7. The molecule has 1 fully saturated rings. The third-order valence-corrected chi connectivity index (χ3v) is 7.63. The molecule has 1 aliphatic carbocycles. The molecule has 0 aromatic heterocycles. The number of alkyl halides is 3. The Bertz CT molecular complexity index is 902. The van der Waals surface area contributed by atoms with E-state index in [4.69, 9.17) is 0 Å². The quantitative estimate of drug-likeness (QED) is 0.577. The first-order valence-corrected chi connectivity index (χ1v) is 11.7. The maximum atomic E-state index is 13.5. The van der Waals surface area contributed by atoms with Crippen molar-refractivity contribution in [2.75, 3.05) is 31.6 Å². The second kappa shape index (κ2) is 9.44. The average Bonchev–Trinajstić information content (AvgIpc) is 2.79. The van der Waals surface area contributed by atoms with Crippen LogP contribution in [0, 0.1) is 17.8 Å². The number of aliphatic hydroxyl groups is 1. The molecule has 32 heavy (non-hydrogen) atoms. The summed E-state index contributed by atoms with van der Waals surface area (Å²) < 4.78 is 40.6. The van der Waals surface area contributed by atoms with Crippen LogP contribution in [0.1, 0.15) is 55.3 Å². The Morgan fingerprint density at radius 1 is 1.09 bits per heavy atom. The smallest absolute Gasteiger partial charge is 0.395 e. The molecule has 0 saturated heterocycles. The maximum absolute atomic E-state index is 13.5. The number of nitrogens with zero attached hydrogens (tertiary/aromatic N) is 1. The zero-order chi connectivity index (χ0) is 22.9. The van der Waals surface area contributed by atoms with Gasteiger partial charge in [-0.05, 0) is 72.4 Å². The molecule has 1 aliphatic heterocycles. The van der Waals surface area contributed by atoms with Crippen molar-refractivity contribution in [1.82, 2.24) is 4.90 Å². The number of aliphatic hydroxyl groups excluding tert-OH is 1. The molecule has 2 aliphatic rings. The molecule has 2 N–H and O–H groups in total. The molecule has 1 saturated carbocycles. The van der Waals surface area contributed by atoms with Crippen molar-refractivity contribution < 1.29 is 18.3 Å². The maximum Gasteiger partial charge on any atom is 0.416 e. The molecule has 0 amide bonds. The summed E-state index contributed by atoms with van der Waals surface area (Å²) in [5.74, 6) is 0.939. The van der Waals surface area contributed by atoms with Crippen molar-refractivity contribution in [2.24, 2.45) is 17.8 Å². The van der Waals surface area contributed by atoms with E-state index in [0.29, 0.717) is 12.5 Å². The van der Waals surface area contributed by atoms with Crippen molar-refractivity contribution >= 4 is 5.69 Å². The molecule has 174 valence electrons. The molecule has 1 unspecified atom stereocenters. The van der Waals surface area contributed by atoms with E-state index < -0.39 is 11.7 Å². The van der Waals surface area contributed by atoms with Crippen LogP contribution in [0.3, 0.4) is 0 Å². The lowest BCUT2D eigenvalue weighted by Gasteiger charge is -2.50. The fourth-order valence-corrected chi connectivity index (χ4v) is 5.94. The van der Waals surface area contributed by atoms with Gasteiger partial charge < -0.3 is 15.3 Å². The van der Waals surface area contributed by atoms with Crippen LogP contribution in [0.4, 0.5) is 18.9 Å². The molecule has 2 aromatic rings. The minimum atomic E-state index is -4.35. The van der Waals surface area contributed by atoms with E-state index in [1.165, 1.54) is 17.7 Å². The number of anilines is 1. The summed E-state index contributed by atoms with van der Waals surface area (Å²) in [5.41, 5.74) is 2.25. The lowest BCUT2D eigenvalue weighted by Crippen LogP contribution is -2.44. The first-order chi connectivity index (χ1) is 15.3. The molecule has 0 spiro atoms. The summed E-state index contributed by atoms with van der Waals surface area (Å²) in [4.78, 5) is 2.25. The van der Waals surface area contributed by atoms with Crippen LogP contribution in [0.2, 0.25) is 0 Å². The second-order valence-electron chi connectivity index (χ2n) is 9.34. The molecule has 4 rings (SSSR count). The predicted octanol–water partition coefficient (Wildman–Crippen LogP) is 5.93. The van der Waals surface area contributed by atoms with Gasteiger partial charge in [0.05, 0.1) is 18.2 Å². The van der Waals surface area contributed by atoms with Crippen LogP contribution in [0.15, 0.2) is 48.5 Å². The van der Waals surface area contributed by atoms with Gasteiger partial charge >= 0.3 is 6.18 Å². The van der Waals surface area contributed by atoms with Crippen molar-refractivity contribution in [3.05, 3.63) is 65.2 Å². The fraction of sp³-hybridized carbons (Fsp3) is 0.538. The largest absolute Gasteiger partial charge is 0.416 e. The number of hydrogen-bond donors (Lipinski definition) is 2. The standard InChI is InChI=1S/C26H33F3N2O/c1-3-31(13-14-32)16-19-9-11-21-24(17(19)2)22-15-20(26(27,28)29)10-12-23(22)30-25(21)18-7-5-4-6-8-18/h4-8,10,12,15,17,19,21,24-25,30,32H,3,9,11,13-14,16H2,1-2H3/t17-,19+,21+,24-,25?/m0/s1. The number of halogens is 3. The highest BCUT2D eigenvalue weighted by Gasteiger charge is 2.46. The molecule has 1 heterocycles. The Labute approximate surface area is 188 Å². The highest BCUT2D eigenvalue weighted by atomic mass is 19.4. The van der Waals surface area contributed by atoms with E-state index in [9.17, 15) is 18.3 Å². The average molecular weight is 447 g/mol. The topological polar surface area (TPSA) is 35.5 Å².